The van der Waals surface area contributed by atoms with E-state index in [4.69, 9.17) is 4.74 Å². The van der Waals surface area contributed by atoms with Crippen molar-refractivity contribution in [2.75, 3.05) is 37.8 Å². The molecule has 7 atom stereocenters. The molecule has 1 saturated heterocycles. The Kier molecular flexibility index (Phi) is 7.72. The SMILES string of the molecule is CC(=O)[C@H]1CC[C@H]2[C@@H]3CC(CC#CCO)C4=CC(N=O)CCC4=C3[C@@H](c3ccc(N4CCOCC4)cc3)C[C@]12C. The summed E-state index contributed by atoms with van der Waals surface area (Å²) < 4.78 is 5.56. The number of fused-ring (bicyclic) bond motifs is 4. The minimum absolute atomic E-state index is 0.0296. The molecule has 1 aliphatic heterocycles. The third kappa shape index (κ3) is 4.76. The predicted molar refractivity (Wildman–Crippen MR) is 157 cm³/mol. The van der Waals surface area contributed by atoms with Crippen LogP contribution in [0.1, 0.15) is 70.3 Å². The fraction of sp³-hybridized carbons (Fsp3) is 0.618. The van der Waals surface area contributed by atoms with Gasteiger partial charge in [-0.25, -0.2) is 0 Å². The molecule has 212 valence electrons. The molecule has 0 bridgehead atoms. The van der Waals surface area contributed by atoms with Crippen molar-refractivity contribution in [3.05, 3.63) is 57.5 Å². The maximum absolute atomic E-state index is 12.9. The van der Waals surface area contributed by atoms with Gasteiger partial charge in [0.25, 0.3) is 0 Å². The summed E-state index contributed by atoms with van der Waals surface area (Å²) in [5, 5.41) is 12.7. The lowest BCUT2D eigenvalue weighted by Gasteiger charge is -2.54. The molecule has 0 amide bonds. The summed E-state index contributed by atoms with van der Waals surface area (Å²) in [5.74, 6) is 7.87. The monoisotopic (exact) mass is 542 g/mol. The summed E-state index contributed by atoms with van der Waals surface area (Å²) >= 11 is 0. The van der Waals surface area contributed by atoms with Crippen LogP contribution in [0, 0.1) is 45.8 Å². The molecular weight excluding hydrogens is 500 g/mol. The lowest BCUT2D eigenvalue weighted by Crippen LogP contribution is -2.45. The lowest BCUT2D eigenvalue weighted by molar-refractivity contribution is -0.125. The number of rotatable bonds is 5. The third-order valence-electron chi connectivity index (χ3n) is 10.9. The number of carbonyl (C=O) groups is 1. The number of morpholine rings is 1. The molecule has 6 nitrogen and oxygen atoms in total. The number of aliphatic hydroxyl groups excluding tert-OH is 1. The second-order valence-electron chi connectivity index (χ2n) is 12.8. The van der Waals surface area contributed by atoms with Gasteiger partial charge in [0.2, 0.25) is 0 Å². The van der Waals surface area contributed by atoms with Gasteiger partial charge < -0.3 is 14.7 Å². The van der Waals surface area contributed by atoms with E-state index in [-0.39, 0.29) is 35.8 Å². The van der Waals surface area contributed by atoms with Crippen LogP contribution in [0.15, 0.2) is 52.2 Å². The first-order valence-corrected chi connectivity index (χ1v) is 15.2. The largest absolute Gasteiger partial charge is 0.384 e. The van der Waals surface area contributed by atoms with E-state index in [9.17, 15) is 14.8 Å². The molecule has 3 fully saturated rings. The Bertz CT molecular complexity index is 1260. The number of carbonyl (C=O) groups excluding carboxylic acids is 1. The summed E-state index contributed by atoms with van der Waals surface area (Å²) in [7, 11) is 0. The second kappa shape index (κ2) is 11.3. The van der Waals surface area contributed by atoms with Crippen molar-refractivity contribution in [1.29, 1.82) is 0 Å². The summed E-state index contributed by atoms with van der Waals surface area (Å²) in [4.78, 5) is 26.9. The van der Waals surface area contributed by atoms with Crippen LogP contribution in [0.2, 0.25) is 0 Å². The molecule has 1 aromatic rings. The molecule has 0 radical (unpaired) electrons. The highest BCUT2D eigenvalue weighted by Crippen LogP contribution is 2.66. The zero-order valence-corrected chi connectivity index (χ0v) is 23.9. The molecule has 6 heteroatoms. The Morgan fingerprint density at radius 2 is 1.93 bits per heavy atom. The van der Waals surface area contributed by atoms with Crippen LogP contribution < -0.4 is 4.90 Å². The van der Waals surface area contributed by atoms with Crippen molar-refractivity contribution in [1.82, 2.24) is 0 Å². The average molecular weight is 543 g/mol. The van der Waals surface area contributed by atoms with Gasteiger partial charge in [0.05, 0.1) is 13.2 Å². The molecule has 1 aromatic carbocycles. The Balaban J connectivity index is 1.45. The highest BCUT2D eigenvalue weighted by Gasteiger charge is 2.58. The van der Waals surface area contributed by atoms with Gasteiger partial charge in [0.1, 0.15) is 18.4 Å². The van der Waals surface area contributed by atoms with Crippen LogP contribution in [0.5, 0.6) is 0 Å². The number of nitrogens with zero attached hydrogens (tertiary/aromatic N) is 2. The van der Waals surface area contributed by atoms with Crippen LogP contribution in [-0.2, 0) is 9.53 Å². The van der Waals surface area contributed by atoms with Gasteiger partial charge in [-0.3, -0.25) is 4.79 Å². The van der Waals surface area contributed by atoms with Crippen molar-refractivity contribution in [2.45, 2.75) is 70.8 Å². The first kappa shape index (κ1) is 27.4. The van der Waals surface area contributed by atoms with Crippen molar-refractivity contribution in [3.63, 3.8) is 0 Å². The fourth-order valence-electron chi connectivity index (χ4n) is 9.16. The molecule has 1 N–H and O–H groups in total. The van der Waals surface area contributed by atoms with Crippen molar-refractivity contribution in [3.8, 4) is 11.8 Å². The van der Waals surface area contributed by atoms with Crippen LogP contribution in [-0.4, -0.2) is 49.8 Å². The van der Waals surface area contributed by atoms with Crippen LogP contribution in [0.25, 0.3) is 0 Å². The average Bonchev–Trinajstić information content (AvgIpc) is 3.34. The molecule has 4 aliphatic carbocycles. The number of ether oxygens (including phenoxy) is 1. The molecule has 2 unspecified atom stereocenters. The second-order valence-corrected chi connectivity index (χ2v) is 12.8. The first-order chi connectivity index (χ1) is 19.4. The molecule has 1 heterocycles. The van der Waals surface area contributed by atoms with Gasteiger partial charge >= 0.3 is 0 Å². The summed E-state index contributed by atoms with van der Waals surface area (Å²) in [6.45, 7) is 7.43. The van der Waals surface area contributed by atoms with E-state index < -0.39 is 0 Å². The minimum atomic E-state index is -0.280. The van der Waals surface area contributed by atoms with Crippen molar-refractivity contribution < 1.29 is 14.6 Å². The summed E-state index contributed by atoms with van der Waals surface area (Å²) in [6.07, 6.45) is 8.50. The molecule has 6 rings (SSSR count). The minimum Gasteiger partial charge on any atom is -0.384 e. The van der Waals surface area contributed by atoms with Gasteiger partial charge in [-0.05, 0) is 97.5 Å². The van der Waals surface area contributed by atoms with Crippen molar-refractivity contribution >= 4 is 11.5 Å². The maximum atomic E-state index is 12.9. The van der Waals surface area contributed by atoms with Gasteiger partial charge in [-0.2, -0.15) is 4.91 Å². The van der Waals surface area contributed by atoms with E-state index in [0.29, 0.717) is 24.0 Å². The Morgan fingerprint density at radius 1 is 1.15 bits per heavy atom. The number of anilines is 1. The number of benzene rings is 1. The summed E-state index contributed by atoms with van der Waals surface area (Å²) in [6, 6.07) is 8.90. The Labute approximate surface area is 238 Å². The van der Waals surface area contributed by atoms with E-state index in [1.807, 2.05) is 0 Å². The highest BCUT2D eigenvalue weighted by atomic mass is 16.5. The maximum Gasteiger partial charge on any atom is 0.133 e. The van der Waals surface area contributed by atoms with Gasteiger partial charge in [-0.1, -0.05) is 41.8 Å². The van der Waals surface area contributed by atoms with Gasteiger partial charge in [0, 0.05) is 37.0 Å². The first-order valence-electron chi connectivity index (χ1n) is 15.2. The molecule has 0 spiro atoms. The summed E-state index contributed by atoms with van der Waals surface area (Å²) in [5.41, 5.74) is 6.82. The Hall–Kier alpha value is -2.75. The van der Waals surface area contributed by atoms with Crippen LogP contribution in [0.3, 0.4) is 0 Å². The lowest BCUT2D eigenvalue weighted by atomic mass is 9.50. The molecule has 0 aromatic heterocycles. The number of allylic oxidation sites excluding steroid dienone is 3. The molecular formula is C34H42N2O4. The third-order valence-corrected chi connectivity index (χ3v) is 10.9. The van der Waals surface area contributed by atoms with E-state index >= 15 is 0 Å². The quantitative estimate of drug-likeness (QED) is 0.376. The van der Waals surface area contributed by atoms with E-state index in [1.54, 1.807) is 12.5 Å². The number of hydrogen-bond donors (Lipinski definition) is 1. The Morgan fingerprint density at radius 3 is 2.62 bits per heavy atom. The standard InChI is InChI=1S/C34H42N2O4/c1-22(38)31-12-13-32-29-19-24(5-3-4-16-37)28-20-25(35-39)8-11-27(28)33(29)30(21-34(31,32)2)23-6-9-26(10-7-23)36-14-17-40-18-15-36/h6-7,9-10,20,24-25,29-32,37H,5,8,11-19,21H2,1-2H3/t24?,25?,29-,30+,31+,32-,34+/m0/s1. The van der Waals surface area contributed by atoms with Crippen LogP contribution >= 0.6 is 0 Å². The topological polar surface area (TPSA) is 79.2 Å². The van der Waals surface area contributed by atoms with Gasteiger partial charge in [0.15, 0.2) is 0 Å². The number of hydrogen-bond acceptors (Lipinski definition) is 6. The number of ketones is 1. The molecule has 2 saturated carbocycles. The highest BCUT2D eigenvalue weighted by molar-refractivity contribution is 5.79. The van der Waals surface area contributed by atoms with E-state index in [1.165, 1.54) is 22.4 Å². The zero-order valence-electron chi connectivity index (χ0n) is 23.9. The van der Waals surface area contributed by atoms with Crippen LogP contribution in [0.4, 0.5) is 5.69 Å². The van der Waals surface area contributed by atoms with Crippen molar-refractivity contribution in [2.24, 2.45) is 34.3 Å². The van der Waals surface area contributed by atoms with E-state index in [2.05, 4.69) is 59.2 Å². The zero-order chi connectivity index (χ0) is 27.9. The number of aliphatic hydroxyl groups is 1. The molecule has 40 heavy (non-hydrogen) atoms. The van der Waals surface area contributed by atoms with E-state index in [0.717, 1.165) is 64.8 Å². The van der Waals surface area contributed by atoms with Gasteiger partial charge in [-0.15, -0.1) is 5.92 Å². The molecule has 5 aliphatic rings. The normalized spacial score (nSPS) is 35.1. The fourth-order valence-corrected chi connectivity index (χ4v) is 9.16. The number of nitroso groups, excluding NO2 is 1. The smallest absolute Gasteiger partial charge is 0.133 e. The predicted octanol–water partition coefficient (Wildman–Crippen LogP) is 5.81. The number of Topliss-reactive ketones (excluding diaryl/α,β-unsaturated/α-hetero) is 1.